The molecule has 3 heterocycles. The van der Waals surface area contributed by atoms with Crippen molar-refractivity contribution in [1.29, 1.82) is 0 Å². The zero-order chi connectivity index (χ0) is 17.4. The van der Waals surface area contributed by atoms with Gasteiger partial charge in [0.1, 0.15) is 11.6 Å². The predicted octanol–water partition coefficient (Wildman–Crippen LogP) is 2.53. The Morgan fingerprint density at radius 3 is 2.88 bits per heavy atom. The van der Waals surface area contributed by atoms with Crippen LogP contribution in [0.25, 0.3) is 10.9 Å². The molecule has 25 heavy (non-hydrogen) atoms. The minimum absolute atomic E-state index is 0.0292. The van der Waals surface area contributed by atoms with E-state index in [0.717, 1.165) is 48.5 Å². The molecule has 0 N–H and O–H groups in total. The fourth-order valence-corrected chi connectivity index (χ4v) is 3.75. The van der Waals surface area contributed by atoms with Gasteiger partial charge in [-0.3, -0.25) is 4.57 Å². The first-order chi connectivity index (χ1) is 12.2. The van der Waals surface area contributed by atoms with Crippen LogP contribution < -0.4 is 10.6 Å². The van der Waals surface area contributed by atoms with Crippen molar-refractivity contribution in [3.63, 3.8) is 0 Å². The van der Waals surface area contributed by atoms with Gasteiger partial charge in [-0.15, -0.1) is 0 Å². The second-order valence-electron chi connectivity index (χ2n) is 6.66. The monoisotopic (exact) mass is 337 g/mol. The van der Waals surface area contributed by atoms with Crippen LogP contribution in [0.5, 0.6) is 0 Å². The molecule has 0 spiro atoms. The number of para-hydroxylation sites is 1. The van der Waals surface area contributed by atoms with Crippen molar-refractivity contribution < 1.29 is 0 Å². The lowest BCUT2D eigenvalue weighted by Gasteiger charge is -2.33. The molecule has 1 aliphatic heterocycles. The second-order valence-corrected chi connectivity index (χ2v) is 6.66. The first kappa shape index (κ1) is 15.9. The second kappa shape index (κ2) is 6.35. The average Bonchev–Trinajstić information content (AvgIpc) is 2.95. The Balaban J connectivity index is 1.64. The van der Waals surface area contributed by atoms with E-state index in [1.165, 1.54) is 4.68 Å². The summed E-state index contributed by atoms with van der Waals surface area (Å²) in [5.74, 6) is 2.17. The minimum Gasteiger partial charge on any atom is -0.356 e. The number of aryl methyl sites for hydroxylation is 1. The van der Waals surface area contributed by atoms with E-state index in [2.05, 4.69) is 28.2 Å². The maximum atomic E-state index is 12.2. The van der Waals surface area contributed by atoms with E-state index < -0.39 is 0 Å². The molecule has 1 aromatic carbocycles. The number of aromatic nitrogens is 4. The molecular formula is C19H23N5O. The highest BCUT2D eigenvalue weighted by molar-refractivity contribution is 5.80. The van der Waals surface area contributed by atoms with Crippen molar-refractivity contribution in [1.82, 2.24) is 19.3 Å². The third-order valence-electron chi connectivity index (χ3n) is 5.05. The zero-order valence-corrected chi connectivity index (χ0v) is 14.7. The molecule has 0 radical (unpaired) electrons. The van der Waals surface area contributed by atoms with Crippen LogP contribution in [0.3, 0.4) is 0 Å². The number of benzene rings is 1. The molecule has 0 bridgehead atoms. The van der Waals surface area contributed by atoms with Crippen molar-refractivity contribution in [3.05, 3.63) is 52.7 Å². The summed E-state index contributed by atoms with van der Waals surface area (Å²) in [6.07, 6.45) is 2.13. The largest absolute Gasteiger partial charge is 0.356 e. The summed E-state index contributed by atoms with van der Waals surface area (Å²) in [4.78, 5) is 19.3. The number of hydrogen-bond acceptors (Lipinski definition) is 4. The number of pyridine rings is 1. The van der Waals surface area contributed by atoms with E-state index in [0.29, 0.717) is 6.54 Å². The maximum absolute atomic E-state index is 12.2. The predicted molar refractivity (Wildman–Crippen MR) is 99.1 cm³/mol. The Morgan fingerprint density at radius 1 is 1.20 bits per heavy atom. The summed E-state index contributed by atoms with van der Waals surface area (Å²) in [7, 11) is 1.73. The van der Waals surface area contributed by atoms with Gasteiger partial charge in [-0.05, 0) is 38.0 Å². The Hall–Kier alpha value is -2.63. The highest BCUT2D eigenvalue weighted by Gasteiger charge is 2.27. The lowest BCUT2D eigenvalue weighted by Crippen LogP contribution is -2.36. The molecule has 4 rings (SSSR count). The van der Waals surface area contributed by atoms with Gasteiger partial charge in [0, 0.05) is 38.0 Å². The lowest BCUT2D eigenvalue weighted by molar-refractivity contribution is 0.468. The average molecular weight is 337 g/mol. The smallest absolute Gasteiger partial charge is 0.345 e. The molecule has 0 amide bonds. The van der Waals surface area contributed by atoms with Gasteiger partial charge in [0.15, 0.2) is 0 Å². The van der Waals surface area contributed by atoms with Gasteiger partial charge in [0.2, 0.25) is 0 Å². The van der Waals surface area contributed by atoms with Crippen LogP contribution >= 0.6 is 0 Å². The third-order valence-corrected chi connectivity index (χ3v) is 5.05. The number of hydrogen-bond donors (Lipinski definition) is 0. The van der Waals surface area contributed by atoms with Crippen molar-refractivity contribution >= 4 is 16.7 Å². The normalized spacial score (nSPS) is 18.0. The summed E-state index contributed by atoms with van der Waals surface area (Å²) in [5, 5.41) is 5.66. The van der Waals surface area contributed by atoms with E-state index in [9.17, 15) is 4.79 Å². The summed E-state index contributed by atoms with van der Waals surface area (Å²) in [6.45, 7) is 4.50. The number of rotatable bonds is 3. The molecule has 6 nitrogen and oxygen atoms in total. The molecular weight excluding hydrogens is 314 g/mol. The molecule has 6 heteroatoms. The van der Waals surface area contributed by atoms with Crippen molar-refractivity contribution in [2.24, 2.45) is 7.05 Å². The topological polar surface area (TPSA) is 56.0 Å². The SMILES string of the molecule is CCn1c([C@H]2CCCN(c3ccc4ccccc4n3)C2)nn(C)c1=O. The Kier molecular flexibility index (Phi) is 4.03. The zero-order valence-electron chi connectivity index (χ0n) is 14.7. The Bertz CT molecular complexity index is 958. The van der Waals surface area contributed by atoms with E-state index in [1.54, 1.807) is 11.6 Å². The number of fused-ring (bicyclic) bond motifs is 1. The van der Waals surface area contributed by atoms with Crippen molar-refractivity contribution in [2.45, 2.75) is 32.2 Å². The Morgan fingerprint density at radius 2 is 2.04 bits per heavy atom. The molecule has 0 unspecified atom stereocenters. The van der Waals surface area contributed by atoms with Gasteiger partial charge in [-0.25, -0.2) is 14.5 Å². The van der Waals surface area contributed by atoms with E-state index in [1.807, 2.05) is 25.1 Å². The minimum atomic E-state index is -0.0292. The highest BCUT2D eigenvalue weighted by atomic mass is 16.2. The first-order valence-electron chi connectivity index (χ1n) is 8.92. The summed E-state index contributed by atoms with van der Waals surface area (Å²) >= 11 is 0. The molecule has 0 aliphatic carbocycles. The summed E-state index contributed by atoms with van der Waals surface area (Å²) in [5.41, 5.74) is 0.990. The first-order valence-corrected chi connectivity index (χ1v) is 8.92. The van der Waals surface area contributed by atoms with E-state index >= 15 is 0 Å². The van der Waals surface area contributed by atoms with Crippen molar-refractivity contribution in [3.8, 4) is 0 Å². The number of piperidine rings is 1. The van der Waals surface area contributed by atoms with Crippen LogP contribution in [0.15, 0.2) is 41.2 Å². The molecule has 0 saturated carbocycles. The fourth-order valence-electron chi connectivity index (χ4n) is 3.75. The molecule has 2 aromatic heterocycles. The number of anilines is 1. The quantitative estimate of drug-likeness (QED) is 0.737. The molecule has 3 aromatic rings. The van der Waals surface area contributed by atoms with E-state index in [4.69, 9.17) is 4.98 Å². The van der Waals surface area contributed by atoms with Gasteiger partial charge in [0.05, 0.1) is 5.52 Å². The Labute approximate surface area is 146 Å². The maximum Gasteiger partial charge on any atom is 0.345 e. The van der Waals surface area contributed by atoms with Gasteiger partial charge < -0.3 is 4.90 Å². The molecule has 1 saturated heterocycles. The number of nitrogens with zero attached hydrogens (tertiary/aromatic N) is 5. The lowest BCUT2D eigenvalue weighted by atomic mass is 9.97. The van der Waals surface area contributed by atoms with Gasteiger partial charge in [-0.2, -0.15) is 5.10 Å². The van der Waals surface area contributed by atoms with Crippen LogP contribution in [-0.2, 0) is 13.6 Å². The van der Waals surface area contributed by atoms with Crippen LogP contribution in [0, 0.1) is 0 Å². The molecule has 1 atom stereocenters. The van der Waals surface area contributed by atoms with Crippen molar-refractivity contribution in [2.75, 3.05) is 18.0 Å². The molecule has 1 fully saturated rings. The highest BCUT2D eigenvalue weighted by Crippen LogP contribution is 2.28. The van der Waals surface area contributed by atoms with Crippen LogP contribution in [-0.4, -0.2) is 32.4 Å². The van der Waals surface area contributed by atoms with Crippen LogP contribution in [0.2, 0.25) is 0 Å². The van der Waals surface area contributed by atoms with Crippen LogP contribution in [0.4, 0.5) is 5.82 Å². The fraction of sp³-hybridized carbons (Fsp3) is 0.421. The van der Waals surface area contributed by atoms with E-state index in [-0.39, 0.29) is 11.6 Å². The van der Waals surface area contributed by atoms with Gasteiger partial charge in [0.25, 0.3) is 0 Å². The summed E-state index contributed by atoms with van der Waals surface area (Å²) < 4.78 is 3.24. The van der Waals surface area contributed by atoms with Crippen LogP contribution in [0.1, 0.15) is 31.5 Å². The molecule has 130 valence electrons. The van der Waals surface area contributed by atoms with Gasteiger partial charge in [-0.1, -0.05) is 18.2 Å². The third kappa shape index (κ3) is 2.81. The summed E-state index contributed by atoms with van der Waals surface area (Å²) in [6, 6.07) is 12.4. The van der Waals surface area contributed by atoms with Gasteiger partial charge >= 0.3 is 5.69 Å². The molecule has 1 aliphatic rings. The standard InChI is InChI=1S/C19H23N5O/c1-3-24-18(21-22(2)19(24)25)15-8-6-12-23(13-15)17-11-10-14-7-4-5-9-16(14)20-17/h4-5,7,9-11,15H,3,6,8,12-13H2,1-2H3/t15-/m0/s1.